The van der Waals surface area contributed by atoms with Crippen LogP contribution in [0.2, 0.25) is 0 Å². The van der Waals surface area contributed by atoms with Crippen molar-refractivity contribution >= 4 is 0 Å². The lowest BCUT2D eigenvalue weighted by atomic mass is 10.3. The summed E-state index contributed by atoms with van der Waals surface area (Å²) >= 11 is 0. The summed E-state index contributed by atoms with van der Waals surface area (Å²) in [6, 6.07) is 0.505. The molecule has 0 radical (unpaired) electrons. The van der Waals surface area contributed by atoms with Crippen molar-refractivity contribution in [1.29, 1.82) is 0 Å². The largest absolute Gasteiger partial charge is 0.361 e. The zero-order valence-electron chi connectivity index (χ0n) is 6.68. The van der Waals surface area contributed by atoms with E-state index in [0.29, 0.717) is 6.04 Å². The molecule has 10 heavy (non-hydrogen) atoms. The molecule has 3 nitrogen and oxygen atoms in total. The second-order valence-electron chi connectivity index (χ2n) is 2.88. The molecular weight excluding hydrogens is 128 g/mol. The fourth-order valence-corrected chi connectivity index (χ4v) is 1.04. The number of hydrogen-bond donors (Lipinski definition) is 2. The van der Waals surface area contributed by atoms with Gasteiger partial charge in [0.2, 0.25) is 0 Å². The highest BCUT2D eigenvalue weighted by Gasteiger charge is 2.12. The summed E-state index contributed by atoms with van der Waals surface area (Å²) in [6.07, 6.45) is 0.216. The molecule has 1 heterocycles. The molecule has 1 saturated heterocycles. The molecule has 3 heteroatoms. The fraction of sp³-hybridized carbons (Fsp3) is 1.00. The molecule has 1 rings (SSSR count). The van der Waals surface area contributed by atoms with E-state index in [9.17, 15) is 0 Å². The Morgan fingerprint density at radius 1 is 1.60 bits per heavy atom. The fourth-order valence-electron chi connectivity index (χ4n) is 1.04. The number of nitrogens with one attached hydrogen (secondary N) is 2. The molecule has 1 unspecified atom stereocenters. The van der Waals surface area contributed by atoms with Crippen LogP contribution >= 0.6 is 0 Å². The van der Waals surface area contributed by atoms with Crippen molar-refractivity contribution in [2.45, 2.75) is 26.1 Å². The maximum atomic E-state index is 5.42. The van der Waals surface area contributed by atoms with Gasteiger partial charge in [-0.25, -0.2) is 0 Å². The van der Waals surface area contributed by atoms with Gasteiger partial charge in [-0.05, 0) is 13.8 Å². The minimum Gasteiger partial charge on any atom is -0.361 e. The van der Waals surface area contributed by atoms with E-state index in [1.807, 2.05) is 0 Å². The Hall–Kier alpha value is -0.120. The van der Waals surface area contributed by atoms with Gasteiger partial charge >= 0.3 is 0 Å². The Kier molecular flexibility index (Phi) is 3.12. The van der Waals surface area contributed by atoms with Crippen LogP contribution in [0.4, 0.5) is 0 Å². The smallest absolute Gasteiger partial charge is 0.120 e. The molecule has 0 aliphatic carbocycles. The van der Waals surface area contributed by atoms with Crippen molar-refractivity contribution in [3.8, 4) is 0 Å². The van der Waals surface area contributed by atoms with E-state index >= 15 is 0 Å². The summed E-state index contributed by atoms with van der Waals surface area (Å²) in [5.74, 6) is 0. The van der Waals surface area contributed by atoms with Crippen molar-refractivity contribution in [2.24, 2.45) is 0 Å². The lowest BCUT2D eigenvalue weighted by Gasteiger charge is -2.26. The first-order chi connectivity index (χ1) is 4.79. The number of hydrogen-bond acceptors (Lipinski definition) is 3. The Labute approximate surface area is 62.1 Å². The molecule has 0 aromatic rings. The van der Waals surface area contributed by atoms with Gasteiger partial charge in [0.25, 0.3) is 0 Å². The second kappa shape index (κ2) is 3.91. The monoisotopic (exact) mass is 144 g/mol. The summed E-state index contributed by atoms with van der Waals surface area (Å²) in [6.45, 7) is 6.98. The standard InChI is InChI=1S/C7H16N2O/c1-6(2)9-7-5-8-3-4-10-7/h6-9H,3-5H2,1-2H3. The average molecular weight is 144 g/mol. The summed E-state index contributed by atoms with van der Waals surface area (Å²) < 4.78 is 5.42. The van der Waals surface area contributed by atoms with Crippen LogP contribution in [0.5, 0.6) is 0 Å². The molecule has 0 saturated carbocycles. The van der Waals surface area contributed by atoms with E-state index in [1.165, 1.54) is 0 Å². The van der Waals surface area contributed by atoms with Crippen molar-refractivity contribution < 1.29 is 4.74 Å². The predicted octanol–water partition coefficient (Wildman–Crippen LogP) is -0.0697. The first kappa shape index (κ1) is 7.98. The third-order valence-electron chi connectivity index (χ3n) is 1.45. The minimum absolute atomic E-state index is 0.216. The Bertz CT molecular complexity index is 89.6. The van der Waals surface area contributed by atoms with Crippen LogP contribution in [0, 0.1) is 0 Å². The molecule has 1 fully saturated rings. The maximum Gasteiger partial charge on any atom is 0.120 e. The van der Waals surface area contributed by atoms with E-state index in [1.54, 1.807) is 0 Å². The zero-order chi connectivity index (χ0) is 7.40. The molecule has 1 atom stereocenters. The summed E-state index contributed by atoms with van der Waals surface area (Å²) in [7, 11) is 0. The molecule has 2 N–H and O–H groups in total. The Morgan fingerprint density at radius 3 is 2.90 bits per heavy atom. The summed E-state index contributed by atoms with van der Waals surface area (Å²) in [5.41, 5.74) is 0. The highest BCUT2D eigenvalue weighted by molar-refractivity contribution is 4.66. The van der Waals surface area contributed by atoms with Crippen LogP contribution in [0.3, 0.4) is 0 Å². The van der Waals surface area contributed by atoms with Gasteiger partial charge in [-0.2, -0.15) is 0 Å². The molecule has 0 aromatic heterocycles. The highest BCUT2D eigenvalue weighted by atomic mass is 16.5. The van der Waals surface area contributed by atoms with Gasteiger partial charge in [-0.1, -0.05) is 0 Å². The molecule has 1 aliphatic heterocycles. The molecule has 60 valence electrons. The van der Waals surface area contributed by atoms with E-state index in [4.69, 9.17) is 4.74 Å². The van der Waals surface area contributed by atoms with E-state index in [-0.39, 0.29) is 6.23 Å². The van der Waals surface area contributed by atoms with Crippen LogP contribution in [-0.4, -0.2) is 32.0 Å². The Balaban J connectivity index is 2.13. The molecular formula is C7H16N2O. The van der Waals surface area contributed by atoms with Crippen molar-refractivity contribution in [3.05, 3.63) is 0 Å². The number of morpholine rings is 1. The lowest BCUT2D eigenvalue weighted by molar-refractivity contribution is 0.00212. The van der Waals surface area contributed by atoms with Crippen molar-refractivity contribution in [1.82, 2.24) is 10.6 Å². The molecule has 0 amide bonds. The van der Waals surface area contributed by atoms with Crippen molar-refractivity contribution in [3.63, 3.8) is 0 Å². The molecule has 1 aliphatic rings. The van der Waals surface area contributed by atoms with Crippen LogP contribution in [-0.2, 0) is 4.74 Å². The lowest BCUT2D eigenvalue weighted by Crippen LogP contribution is -2.48. The van der Waals surface area contributed by atoms with Gasteiger partial charge in [-0.3, -0.25) is 5.32 Å². The third kappa shape index (κ3) is 2.64. The first-order valence-corrected chi connectivity index (χ1v) is 3.87. The van der Waals surface area contributed by atoms with E-state index < -0.39 is 0 Å². The number of rotatable bonds is 2. The van der Waals surface area contributed by atoms with Gasteiger partial charge in [0.15, 0.2) is 0 Å². The third-order valence-corrected chi connectivity index (χ3v) is 1.45. The summed E-state index contributed by atoms with van der Waals surface area (Å²) in [4.78, 5) is 0. The minimum atomic E-state index is 0.216. The summed E-state index contributed by atoms with van der Waals surface area (Å²) in [5, 5.41) is 6.55. The maximum absolute atomic E-state index is 5.42. The molecule has 0 spiro atoms. The van der Waals surface area contributed by atoms with Gasteiger partial charge in [-0.15, -0.1) is 0 Å². The molecule has 0 bridgehead atoms. The van der Waals surface area contributed by atoms with Gasteiger partial charge < -0.3 is 10.1 Å². The zero-order valence-corrected chi connectivity index (χ0v) is 6.68. The van der Waals surface area contributed by atoms with E-state index in [2.05, 4.69) is 24.5 Å². The number of ether oxygens (including phenoxy) is 1. The Morgan fingerprint density at radius 2 is 2.40 bits per heavy atom. The predicted molar refractivity (Wildman–Crippen MR) is 40.9 cm³/mol. The van der Waals surface area contributed by atoms with Gasteiger partial charge in [0.1, 0.15) is 6.23 Å². The van der Waals surface area contributed by atoms with Crippen molar-refractivity contribution in [2.75, 3.05) is 19.7 Å². The van der Waals surface area contributed by atoms with E-state index in [0.717, 1.165) is 19.7 Å². The molecule has 0 aromatic carbocycles. The van der Waals surface area contributed by atoms with Gasteiger partial charge in [0, 0.05) is 19.1 Å². The van der Waals surface area contributed by atoms with Crippen LogP contribution < -0.4 is 10.6 Å². The second-order valence-corrected chi connectivity index (χ2v) is 2.88. The topological polar surface area (TPSA) is 33.3 Å². The SMILES string of the molecule is CC(C)NC1CNCCO1. The highest BCUT2D eigenvalue weighted by Crippen LogP contribution is 1.92. The first-order valence-electron chi connectivity index (χ1n) is 3.87. The van der Waals surface area contributed by atoms with Crippen LogP contribution in [0.25, 0.3) is 0 Å². The quantitative estimate of drug-likeness (QED) is 0.569. The van der Waals surface area contributed by atoms with Crippen LogP contribution in [0.15, 0.2) is 0 Å². The van der Waals surface area contributed by atoms with Crippen LogP contribution in [0.1, 0.15) is 13.8 Å². The normalized spacial score (nSPS) is 27.3. The van der Waals surface area contributed by atoms with Gasteiger partial charge in [0.05, 0.1) is 6.61 Å². The average Bonchev–Trinajstić information content (AvgIpc) is 1.88.